The SMILES string of the molecule is CC(=O)Nc1ccc(C(=O)N2CCCC(O)C2)s1. The summed E-state index contributed by atoms with van der Waals surface area (Å²) in [7, 11) is 0. The zero-order valence-corrected chi connectivity index (χ0v) is 11.0. The van der Waals surface area contributed by atoms with Crippen molar-refractivity contribution in [1.29, 1.82) is 0 Å². The Labute approximate surface area is 109 Å². The molecule has 1 aromatic rings. The van der Waals surface area contributed by atoms with Crippen LogP contribution in [0.2, 0.25) is 0 Å². The highest BCUT2D eigenvalue weighted by atomic mass is 32.1. The first-order valence-corrected chi connectivity index (χ1v) is 6.72. The fourth-order valence-corrected chi connectivity index (χ4v) is 2.91. The molecule has 1 aliphatic rings. The predicted octanol–water partition coefficient (Wildman–Crippen LogP) is 1.30. The number of piperidine rings is 1. The average molecular weight is 268 g/mol. The molecule has 1 atom stereocenters. The van der Waals surface area contributed by atoms with Crippen molar-refractivity contribution in [3.05, 3.63) is 17.0 Å². The van der Waals surface area contributed by atoms with Crippen LogP contribution in [0.3, 0.4) is 0 Å². The van der Waals surface area contributed by atoms with E-state index >= 15 is 0 Å². The number of rotatable bonds is 2. The molecule has 1 unspecified atom stereocenters. The van der Waals surface area contributed by atoms with Gasteiger partial charge in [-0.1, -0.05) is 0 Å². The first-order valence-electron chi connectivity index (χ1n) is 5.91. The van der Waals surface area contributed by atoms with Crippen molar-refractivity contribution < 1.29 is 14.7 Å². The van der Waals surface area contributed by atoms with Crippen LogP contribution < -0.4 is 5.32 Å². The summed E-state index contributed by atoms with van der Waals surface area (Å²) in [6.07, 6.45) is 1.17. The number of aliphatic hydroxyl groups is 1. The number of hydrogen-bond acceptors (Lipinski definition) is 4. The molecule has 1 aromatic heterocycles. The standard InChI is InChI=1S/C12H16N2O3S/c1-8(15)13-11-5-4-10(18-11)12(17)14-6-2-3-9(16)7-14/h4-5,9,16H,2-3,6-7H2,1H3,(H,13,15). The van der Waals surface area contributed by atoms with Gasteiger partial charge >= 0.3 is 0 Å². The Balaban J connectivity index is 2.04. The van der Waals surface area contributed by atoms with E-state index in [4.69, 9.17) is 0 Å². The van der Waals surface area contributed by atoms with Gasteiger partial charge in [-0.2, -0.15) is 0 Å². The van der Waals surface area contributed by atoms with E-state index < -0.39 is 6.10 Å². The number of aliphatic hydroxyl groups excluding tert-OH is 1. The van der Waals surface area contributed by atoms with Crippen molar-refractivity contribution in [2.45, 2.75) is 25.9 Å². The van der Waals surface area contributed by atoms with E-state index in [9.17, 15) is 14.7 Å². The van der Waals surface area contributed by atoms with Crippen molar-refractivity contribution in [3.8, 4) is 0 Å². The van der Waals surface area contributed by atoms with Crippen molar-refractivity contribution in [3.63, 3.8) is 0 Å². The lowest BCUT2D eigenvalue weighted by molar-refractivity contribution is -0.114. The summed E-state index contributed by atoms with van der Waals surface area (Å²) in [5.41, 5.74) is 0. The van der Waals surface area contributed by atoms with Crippen LogP contribution in [-0.4, -0.2) is 41.0 Å². The van der Waals surface area contributed by atoms with Crippen LogP contribution in [0, 0.1) is 0 Å². The second-order valence-corrected chi connectivity index (χ2v) is 5.48. The highest BCUT2D eigenvalue weighted by molar-refractivity contribution is 7.18. The number of anilines is 1. The van der Waals surface area contributed by atoms with Gasteiger partial charge in [0, 0.05) is 20.0 Å². The first kappa shape index (κ1) is 13.0. The van der Waals surface area contributed by atoms with E-state index in [1.54, 1.807) is 17.0 Å². The van der Waals surface area contributed by atoms with E-state index in [1.165, 1.54) is 18.3 Å². The normalized spacial score (nSPS) is 19.7. The van der Waals surface area contributed by atoms with Gasteiger partial charge in [0.15, 0.2) is 0 Å². The van der Waals surface area contributed by atoms with Crippen molar-refractivity contribution >= 4 is 28.2 Å². The largest absolute Gasteiger partial charge is 0.391 e. The summed E-state index contributed by atoms with van der Waals surface area (Å²) in [6, 6.07) is 3.43. The average Bonchev–Trinajstić information content (AvgIpc) is 2.75. The molecule has 1 saturated heterocycles. The number of carbonyl (C=O) groups excluding carboxylic acids is 2. The second kappa shape index (κ2) is 5.49. The number of carbonyl (C=O) groups is 2. The number of amides is 2. The monoisotopic (exact) mass is 268 g/mol. The van der Waals surface area contributed by atoms with Crippen molar-refractivity contribution in [1.82, 2.24) is 4.90 Å². The molecule has 1 aliphatic heterocycles. The fraction of sp³-hybridized carbons (Fsp3) is 0.500. The third-order valence-corrected chi connectivity index (χ3v) is 3.79. The molecule has 98 valence electrons. The Hall–Kier alpha value is -1.40. The third kappa shape index (κ3) is 3.08. The Morgan fingerprint density at radius 2 is 2.28 bits per heavy atom. The van der Waals surface area contributed by atoms with Crippen LogP contribution in [0.15, 0.2) is 12.1 Å². The minimum atomic E-state index is -0.419. The van der Waals surface area contributed by atoms with Gasteiger partial charge in [-0.05, 0) is 25.0 Å². The van der Waals surface area contributed by atoms with E-state index in [-0.39, 0.29) is 11.8 Å². The topological polar surface area (TPSA) is 69.6 Å². The Bertz CT molecular complexity index is 458. The quantitative estimate of drug-likeness (QED) is 0.849. The smallest absolute Gasteiger partial charge is 0.264 e. The molecule has 0 radical (unpaired) electrons. The van der Waals surface area contributed by atoms with E-state index in [0.29, 0.717) is 23.0 Å². The number of hydrogen-bond donors (Lipinski definition) is 2. The highest BCUT2D eigenvalue weighted by Gasteiger charge is 2.24. The number of β-amino-alcohol motifs (C(OH)–C–C–N with tert-alkyl or cyclic N) is 1. The highest BCUT2D eigenvalue weighted by Crippen LogP contribution is 2.24. The molecule has 6 heteroatoms. The number of thiophene rings is 1. The molecule has 1 fully saturated rings. The second-order valence-electron chi connectivity index (χ2n) is 4.39. The van der Waals surface area contributed by atoms with Crippen LogP contribution in [0.5, 0.6) is 0 Å². The van der Waals surface area contributed by atoms with Crippen LogP contribution in [0.25, 0.3) is 0 Å². The summed E-state index contributed by atoms with van der Waals surface area (Å²) in [5, 5.41) is 12.9. The molecule has 0 aromatic carbocycles. The Morgan fingerprint density at radius 1 is 1.50 bits per heavy atom. The molecule has 2 rings (SSSR count). The van der Waals surface area contributed by atoms with Crippen LogP contribution in [0.1, 0.15) is 29.4 Å². The van der Waals surface area contributed by atoms with Gasteiger partial charge in [-0.25, -0.2) is 0 Å². The van der Waals surface area contributed by atoms with Gasteiger partial charge < -0.3 is 15.3 Å². The molecular weight excluding hydrogens is 252 g/mol. The molecule has 2 N–H and O–H groups in total. The number of likely N-dealkylation sites (tertiary alicyclic amines) is 1. The van der Waals surface area contributed by atoms with Gasteiger partial charge in [0.2, 0.25) is 5.91 Å². The molecule has 5 nitrogen and oxygen atoms in total. The third-order valence-electron chi connectivity index (χ3n) is 2.80. The van der Waals surface area contributed by atoms with Crippen LogP contribution in [-0.2, 0) is 4.79 Å². The molecule has 0 saturated carbocycles. The summed E-state index contributed by atoms with van der Waals surface area (Å²) >= 11 is 1.26. The predicted molar refractivity (Wildman–Crippen MR) is 69.8 cm³/mol. The van der Waals surface area contributed by atoms with Crippen molar-refractivity contribution in [2.75, 3.05) is 18.4 Å². The maximum Gasteiger partial charge on any atom is 0.264 e. The Kier molecular flexibility index (Phi) is 3.98. The van der Waals surface area contributed by atoms with Gasteiger partial charge in [-0.15, -0.1) is 11.3 Å². The van der Waals surface area contributed by atoms with Crippen LogP contribution in [0.4, 0.5) is 5.00 Å². The number of nitrogens with zero attached hydrogens (tertiary/aromatic N) is 1. The van der Waals surface area contributed by atoms with E-state index in [0.717, 1.165) is 12.8 Å². The molecule has 2 heterocycles. The molecule has 0 bridgehead atoms. The first-order chi connectivity index (χ1) is 8.56. The lowest BCUT2D eigenvalue weighted by atomic mass is 10.1. The minimum absolute atomic E-state index is 0.0737. The number of nitrogens with one attached hydrogen (secondary N) is 1. The molecule has 0 spiro atoms. The lowest BCUT2D eigenvalue weighted by Crippen LogP contribution is -2.41. The molecule has 18 heavy (non-hydrogen) atoms. The molecular formula is C12H16N2O3S. The van der Waals surface area contributed by atoms with E-state index in [2.05, 4.69) is 5.32 Å². The molecule has 2 amide bonds. The van der Waals surface area contributed by atoms with E-state index in [1.807, 2.05) is 0 Å². The van der Waals surface area contributed by atoms with Gasteiger partial charge in [0.05, 0.1) is 16.0 Å². The van der Waals surface area contributed by atoms with Crippen molar-refractivity contribution in [2.24, 2.45) is 0 Å². The summed E-state index contributed by atoms with van der Waals surface area (Å²) in [6.45, 7) is 2.51. The van der Waals surface area contributed by atoms with Gasteiger partial charge in [0.25, 0.3) is 5.91 Å². The fourth-order valence-electron chi connectivity index (χ4n) is 1.99. The van der Waals surface area contributed by atoms with Gasteiger partial charge in [-0.3, -0.25) is 9.59 Å². The zero-order chi connectivity index (χ0) is 13.1. The Morgan fingerprint density at radius 3 is 2.94 bits per heavy atom. The molecule has 0 aliphatic carbocycles. The summed E-state index contributed by atoms with van der Waals surface area (Å²) in [5.74, 6) is -0.223. The minimum Gasteiger partial charge on any atom is -0.391 e. The lowest BCUT2D eigenvalue weighted by Gasteiger charge is -2.29. The maximum absolute atomic E-state index is 12.2. The van der Waals surface area contributed by atoms with Crippen LogP contribution >= 0.6 is 11.3 Å². The summed E-state index contributed by atoms with van der Waals surface area (Å²) < 4.78 is 0. The summed E-state index contributed by atoms with van der Waals surface area (Å²) in [4.78, 5) is 25.3. The van der Waals surface area contributed by atoms with Gasteiger partial charge in [0.1, 0.15) is 0 Å². The zero-order valence-electron chi connectivity index (χ0n) is 10.2. The maximum atomic E-state index is 12.2.